The molecule has 16 heavy (non-hydrogen) atoms. The summed E-state index contributed by atoms with van der Waals surface area (Å²) in [6.45, 7) is 7.68. The second-order valence-electron chi connectivity index (χ2n) is 5.57. The molecule has 94 valence electrons. The number of Topliss-reactive ketones (excluding diaryl/α,β-unsaturated/α-hetero) is 1. The maximum Gasteiger partial charge on any atom is 0.136 e. The molecule has 0 heterocycles. The Kier molecular flexibility index (Phi) is 4.93. The van der Waals surface area contributed by atoms with Gasteiger partial charge < -0.3 is 5.11 Å². The molecule has 0 bridgehead atoms. The molecule has 1 aliphatic rings. The third-order valence-electron chi connectivity index (χ3n) is 3.75. The fourth-order valence-electron chi connectivity index (χ4n) is 2.04. The van der Waals surface area contributed by atoms with Gasteiger partial charge in [-0.15, -0.1) is 0 Å². The molecule has 1 N–H and O–H groups in total. The van der Waals surface area contributed by atoms with Crippen LogP contribution in [0.15, 0.2) is 0 Å². The normalized spacial score (nSPS) is 17.6. The molecule has 0 amide bonds. The molecule has 0 spiro atoms. The maximum atomic E-state index is 11.5. The summed E-state index contributed by atoms with van der Waals surface area (Å²) in [5.41, 5.74) is -0.259. The fraction of sp³-hybridized carbons (Fsp3) is 0.923. The standard InChI is InChI=1S/C13H25NO2/c1-11(16)13(2,3)10-14(8-5-9-15)12-6-4-7-12/h12,15H,4-10H2,1-3H3. The van der Waals surface area contributed by atoms with Crippen molar-refractivity contribution >= 4 is 5.78 Å². The number of hydrogen-bond acceptors (Lipinski definition) is 3. The summed E-state index contributed by atoms with van der Waals surface area (Å²) in [5, 5.41) is 8.90. The minimum absolute atomic E-state index is 0.240. The number of nitrogens with zero attached hydrogens (tertiary/aromatic N) is 1. The van der Waals surface area contributed by atoms with E-state index in [1.807, 2.05) is 13.8 Å². The number of carbonyl (C=O) groups excluding carboxylic acids is 1. The Labute approximate surface area is 98.8 Å². The first kappa shape index (κ1) is 13.7. The van der Waals surface area contributed by atoms with Crippen LogP contribution in [0.1, 0.15) is 46.5 Å². The molecule has 0 unspecified atom stereocenters. The Balaban J connectivity index is 2.51. The molecular formula is C13H25NO2. The quantitative estimate of drug-likeness (QED) is 0.721. The largest absolute Gasteiger partial charge is 0.396 e. The van der Waals surface area contributed by atoms with Gasteiger partial charge in [-0.1, -0.05) is 20.3 Å². The highest BCUT2D eigenvalue weighted by Gasteiger charge is 2.32. The molecule has 0 aliphatic heterocycles. The molecule has 0 radical (unpaired) electrons. The second-order valence-corrected chi connectivity index (χ2v) is 5.57. The van der Waals surface area contributed by atoms with Gasteiger partial charge in [0, 0.05) is 31.2 Å². The second kappa shape index (κ2) is 5.78. The van der Waals surface area contributed by atoms with Crippen molar-refractivity contribution < 1.29 is 9.90 Å². The van der Waals surface area contributed by atoms with Gasteiger partial charge in [0.25, 0.3) is 0 Å². The van der Waals surface area contributed by atoms with Crippen molar-refractivity contribution in [3.63, 3.8) is 0 Å². The summed E-state index contributed by atoms with van der Waals surface area (Å²) in [6.07, 6.45) is 4.62. The van der Waals surface area contributed by atoms with Crippen LogP contribution < -0.4 is 0 Å². The highest BCUT2D eigenvalue weighted by atomic mass is 16.3. The predicted octanol–water partition coefficient (Wildman–Crippen LogP) is 1.84. The summed E-state index contributed by atoms with van der Waals surface area (Å²) in [4.78, 5) is 13.9. The van der Waals surface area contributed by atoms with E-state index in [1.165, 1.54) is 19.3 Å². The van der Waals surface area contributed by atoms with E-state index in [-0.39, 0.29) is 17.8 Å². The number of aliphatic hydroxyl groups excluding tert-OH is 1. The number of hydrogen-bond donors (Lipinski definition) is 1. The van der Waals surface area contributed by atoms with E-state index in [0.717, 1.165) is 19.5 Å². The molecule has 0 atom stereocenters. The minimum Gasteiger partial charge on any atom is -0.396 e. The number of ketones is 1. The summed E-state index contributed by atoms with van der Waals surface area (Å²) in [6, 6.07) is 0.644. The van der Waals surface area contributed by atoms with Crippen LogP contribution in [0, 0.1) is 5.41 Å². The number of rotatable bonds is 7. The van der Waals surface area contributed by atoms with E-state index in [9.17, 15) is 4.79 Å². The van der Waals surface area contributed by atoms with Crippen molar-refractivity contribution in [3.05, 3.63) is 0 Å². The first-order valence-corrected chi connectivity index (χ1v) is 6.33. The minimum atomic E-state index is -0.259. The Hall–Kier alpha value is -0.410. The van der Waals surface area contributed by atoms with Crippen LogP contribution in [0.5, 0.6) is 0 Å². The van der Waals surface area contributed by atoms with Crippen LogP contribution in [-0.4, -0.2) is 41.5 Å². The molecule has 0 aromatic heterocycles. The average molecular weight is 227 g/mol. The molecule has 0 saturated heterocycles. The highest BCUT2D eigenvalue weighted by Crippen LogP contribution is 2.28. The van der Waals surface area contributed by atoms with Gasteiger partial charge in [-0.25, -0.2) is 0 Å². The van der Waals surface area contributed by atoms with Crippen molar-refractivity contribution in [2.24, 2.45) is 5.41 Å². The Morgan fingerprint density at radius 3 is 2.44 bits per heavy atom. The maximum absolute atomic E-state index is 11.5. The molecule has 1 fully saturated rings. The van der Waals surface area contributed by atoms with Gasteiger partial charge in [-0.05, 0) is 26.2 Å². The van der Waals surface area contributed by atoms with Crippen LogP contribution in [-0.2, 0) is 4.79 Å². The zero-order chi connectivity index (χ0) is 12.2. The summed E-state index contributed by atoms with van der Waals surface area (Å²) in [7, 11) is 0. The van der Waals surface area contributed by atoms with Crippen LogP contribution in [0.4, 0.5) is 0 Å². The Bertz CT molecular complexity index is 234. The predicted molar refractivity (Wildman–Crippen MR) is 65.4 cm³/mol. The van der Waals surface area contributed by atoms with Crippen molar-refractivity contribution in [3.8, 4) is 0 Å². The van der Waals surface area contributed by atoms with Gasteiger partial charge in [0.1, 0.15) is 5.78 Å². The van der Waals surface area contributed by atoms with Crippen molar-refractivity contribution in [2.75, 3.05) is 19.7 Å². The van der Waals surface area contributed by atoms with E-state index in [0.29, 0.717) is 6.04 Å². The van der Waals surface area contributed by atoms with E-state index < -0.39 is 0 Å². The molecule has 3 nitrogen and oxygen atoms in total. The molecular weight excluding hydrogens is 202 g/mol. The van der Waals surface area contributed by atoms with E-state index in [2.05, 4.69) is 4.90 Å². The van der Waals surface area contributed by atoms with Gasteiger partial charge >= 0.3 is 0 Å². The smallest absolute Gasteiger partial charge is 0.136 e. The molecule has 3 heteroatoms. The first-order valence-electron chi connectivity index (χ1n) is 6.33. The lowest BCUT2D eigenvalue weighted by molar-refractivity contribution is -0.126. The summed E-state index contributed by atoms with van der Waals surface area (Å²) >= 11 is 0. The van der Waals surface area contributed by atoms with Gasteiger partial charge in [-0.2, -0.15) is 0 Å². The van der Waals surface area contributed by atoms with E-state index in [1.54, 1.807) is 6.92 Å². The Morgan fingerprint density at radius 2 is 2.06 bits per heavy atom. The number of carbonyl (C=O) groups is 1. The van der Waals surface area contributed by atoms with Crippen LogP contribution in [0.3, 0.4) is 0 Å². The van der Waals surface area contributed by atoms with Gasteiger partial charge in [0.15, 0.2) is 0 Å². The van der Waals surface area contributed by atoms with Gasteiger partial charge in [0.05, 0.1) is 0 Å². The topological polar surface area (TPSA) is 40.5 Å². The molecule has 1 aliphatic carbocycles. The van der Waals surface area contributed by atoms with Crippen LogP contribution in [0.25, 0.3) is 0 Å². The van der Waals surface area contributed by atoms with E-state index in [4.69, 9.17) is 5.11 Å². The zero-order valence-corrected chi connectivity index (χ0v) is 10.8. The fourth-order valence-corrected chi connectivity index (χ4v) is 2.04. The lowest BCUT2D eigenvalue weighted by atomic mass is 9.85. The van der Waals surface area contributed by atoms with E-state index >= 15 is 0 Å². The third-order valence-corrected chi connectivity index (χ3v) is 3.75. The van der Waals surface area contributed by atoms with Gasteiger partial charge in [0.2, 0.25) is 0 Å². The average Bonchev–Trinajstić information content (AvgIpc) is 2.10. The molecule has 0 aromatic rings. The molecule has 1 rings (SSSR count). The zero-order valence-electron chi connectivity index (χ0n) is 10.8. The summed E-state index contributed by atoms with van der Waals surface area (Å²) in [5.74, 6) is 0.251. The lowest BCUT2D eigenvalue weighted by Gasteiger charge is -2.41. The van der Waals surface area contributed by atoms with Crippen molar-refractivity contribution in [1.82, 2.24) is 4.90 Å². The van der Waals surface area contributed by atoms with Crippen LogP contribution >= 0.6 is 0 Å². The monoisotopic (exact) mass is 227 g/mol. The van der Waals surface area contributed by atoms with Gasteiger partial charge in [-0.3, -0.25) is 9.69 Å². The Morgan fingerprint density at radius 1 is 1.44 bits per heavy atom. The van der Waals surface area contributed by atoms with Crippen molar-refractivity contribution in [1.29, 1.82) is 0 Å². The SMILES string of the molecule is CC(=O)C(C)(C)CN(CCCO)C1CCC1. The molecule has 1 saturated carbocycles. The number of aliphatic hydroxyl groups is 1. The molecule has 0 aromatic carbocycles. The lowest BCUT2D eigenvalue weighted by Crippen LogP contribution is -2.47. The van der Waals surface area contributed by atoms with Crippen molar-refractivity contribution in [2.45, 2.75) is 52.5 Å². The van der Waals surface area contributed by atoms with Crippen LogP contribution in [0.2, 0.25) is 0 Å². The summed E-state index contributed by atoms with van der Waals surface area (Å²) < 4.78 is 0. The third kappa shape index (κ3) is 3.56. The first-order chi connectivity index (χ1) is 7.47. The highest BCUT2D eigenvalue weighted by molar-refractivity contribution is 5.81.